The lowest BCUT2D eigenvalue weighted by atomic mass is 9.90. The van der Waals surface area contributed by atoms with Crippen LogP contribution in [-0.2, 0) is 0 Å². The molecule has 0 amide bonds. The normalized spacial score (nSPS) is 16.5. The molecule has 0 saturated carbocycles. The number of allylic oxidation sites excluding steroid dienone is 2. The second-order valence-corrected chi connectivity index (χ2v) is 14.8. The van der Waals surface area contributed by atoms with Crippen LogP contribution in [0.2, 0.25) is 16.6 Å². The Hall–Kier alpha value is -1.28. The van der Waals surface area contributed by atoms with Crippen LogP contribution in [0.1, 0.15) is 86.6 Å². The Morgan fingerprint density at radius 1 is 0.815 bits per heavy atom. The third kappa shape index (κ3) is 4.26. The van der Waals surface area contributed by atoms with E-state index in [0.29, 0.717) is 16.6 Å². The molecule has 27 heavy (non-hydrogen) atoms. The van der Waals surface area contributed by atoms with Crippen LogP contribution in [0.3, 0.4) is 0 Å². The Bertz CT molecular complexity index is 672. The number of para-hydroxylation sites is 1. The van der Waals surface area contributed by atoms with Gasteiger partial charge in [-0.3, -0.25) is 0 Å². The van der Waals surface area contributed by atoms with Crippen molar-refractivity contribution in [3.63, 3.8) is 0 Å². The predicted octanol–water partition coefficient (Wildman–Crippen LogP) is 8.53. The van der Waals surface area contributed by atoms with E-state index in [0.717, 1.165) is 25.0 Å². The molecule has 150 valence electrons. The molecule has 0 saturated heterocycles. The molecule has 0 aromatic heterocycles. The maximum absolute atomic E-state index is 6.62. The molecule has 1 aliphatic rings. The van der Waals surface area contributed by atoms with Crippen molar-refractivity contribution in [2.24, 2.45) is 0 Å². The monoisotopic (exact) mass is 384 g/mol. The molecule has 0 unspecified atom stereocenters. The highest BCUT2D eigenvalue weighted by atomic mass is 28.3. The van der Waals surface area contributed by atoms with Gasteiger partial charge in [-0.25, -0.2) is 0 Å². The Kier molecular flexibility index (Phi) is 7.56. The van der Waals surface area contributed by atoms with Gasteiger partial charge in [-0.05, 0) is 46.7 Å². The Morgan fingerprint density at radius 2 is 1.33 bits per heavy atom. The van der Waals surface area contributed by atoms with Gasteiger partial charge in [0.15, 0.2) is 0 Å². The van der Waals surface area contributed by atoms with Gasteiger partial charge in [0, 0.05) is 5.56 Å². The zero-order valence-corrected chi connectivity index (χ0v) is 19.9. The molecule has 1 aromatic rings. The van der Waals surface area contributed by atoms with Gasteiger partial charge in [0.1, 0.15) is 11.5 Å². The molecule has 2 rings (SSSR count). The van der Waals surface area contributed by atoms with Crippen LogP contribution in [0.15, 0.2) is 41.3 Å². The number of benzene rings is 1. The van der Waals surface area contributed by atoms with Crippen LogP contribution in [0.4, 0.5) is 0 Å². The van der Waals surface area contributed by atoms with Gasteiger partial charge < -0.3 is 4.74 Å². The zero-order chi connectivity index (χ0) is 20.2. The average Bonchev–Trinajstić information content (AvgIpc) is 2.61. The van der Waals surface area contributed by atoms with E-state index in [-0.39, 0.29) is 0 Å². The molecule has 1 nitrogen and oxygen atoms in total. The first-order valence-electron chi connectivity index (χ1n) is 11.0. The average molecular weight is 385 g/mol. The van der Waals surface area contributed by atoms with Crippen LogP contribution >= 0.6 is 0 Å². The Morgan fingerprint density at radius 3 is 1.85 bits per heavy atom. The van der Waals surface area contributed by atoms with E-state index >= 15 is 0 Å². The van der Waals surface area contributed by atoms with Crippen molar-refractivity contribution in [1.82, 2.24) is 0 Å². The van der Waals surface area contributed by atoms with Crippen LogP contribution in [-0.4, -0.2) is 8.07 Å². The minimum absolute atomic E-state index is 0.697. The van der Waals surface area contributed by atoms with E-state index in [9.17, 15) is 0 Å². The van der Waals surface area contributed by atoms with E-state index < -0.39 is 8.07 Å². The van der Waals surface area contributed by atoms with E-state index in [4.69, 9.17) is 4.74 Å². The molecule has 0 spiro atoms. The summed E-state index contributed by atoms with van der Waals surface area (Å²) in [6.45, 7) is 19.1. The fourth-order valence-corrected chi connectivity index (χ4v) is 10.9. The molecule has 1 aromatic carbocycles. The van der Waals surface area contributed by atoms with Gasteiger partial charge in [0.2, 0.25) is 0 Å². The van der Waals surface area contributed by atoms with Gasteiger partial charge in [-0.2, -0.15) is 0 Å². The van der Waals surface area contributed by atoms with E-state index in [2.05, 4.69) is 85.4 Å². The first-order chi connectivity index (χ1) is 12.8. The van der Waals surface area contributed by atoms with Crippen LogP contribution in [0.25, 0.3) is 5.57 Å². The Labute approximate surface area is 168 Å². The van der Waals surface area contributed by atoms with Gasteiger partial charge in [-0.15, -0.1) is 0 Å². The lowest BCUT2D eigenvalue weighted by Crippen LogP contribution is -2.43. The van der Waals surface area contributed by atoms with E-state index in [1.807, 2.05) is 0 Å². The second-order valence-electron chi connectivity index (χ2n) is 9.03. The van der Waals surface area contributed by atoms with Crippen LogP contribution in [0, 0.1) is 0 Å². The lowest BCUT2D eigenvalue weighted by Gasteiger charge is -2.41. The summed E-state index contributed by atoms with van der Waals surface area (Å²) in [6, 6.07) is 8.63. The number of ether oxygens (including phenoxy) is 1. The summed E-state index contributed by atoms with van der Waals surface area (Å²) in [6.07, 6.45) is 4.57. The smallest absolute Gasteiger partial charge is 0.134 e. The highest BCUT2D eigenvalue weighted by Gasteiger charge is 2.42. The molecule has 0 bridgehead atoms. The third-order valence-corrected chi connectivity index (χ3v) is 13.2. The third-order valence-electron chi connectivity index (χ3n) is 6.47. The molecule has 0 N–H and O–H groups in total. The maximum Gasteiger partial charge on any atom is 0.134 e. The summed E-state index contributed by atoms with van der Waals surface area (Å²) in [7, 11) is -1.68. The Balaban J connectivity index is 2.73. The predicted molar refractivity (Wildman–Crippen MR) is 123 cm³/mol. The highest BCUT2D eigenvalue weighted by Crippen LogP contribution is 2.47. The van der Waals surface area contributed by atoms with Crippen molar-refractivity contribution >= 4 is 13.6 Å². The largest absolute Gasteiger partial charge is 0.457 e. The van der Waals surface area contributed by atoms with Crippen molar-refractivity contribution in [3.05, 3.63) is 46.9 Å². The van der Waals surface area contributed by atoms with Gasteiger partial charge >= 0.3 is 0 Å². The van der Waals surface area contributed by atoms with Crippen molar-refractivity contribution < 1.29 is 4.74 Å². The van der Waals surface area contributed by atoms with Crippen molar-refractivity contribution in [1.29, 1.82) is 0 Å². The van der Waals surface area contributed by atoms with Crippen molar-refractivity contribution in [2.45, 2.75) is 97.7 Å². The molecule has 0 aliphatic carbocycles. The maximum atomic E-state index is 6.62. The minimum Gasteiger partial charge on any atom is -0.457 e. The lowest BCUT2D eigenvalue weighted by molar-refractivity contribution is 0.424. The molecule has 0 radical (unpaired) electrons. The zero-order valence-electron chi connectivity index (χ0n) is 18.9. The molecule has 0 atom stereocenters. The molecular formula is C25H40OSi. The van der Waals surface area contributed by atoms with Gasteiger partial charge in [0.05, 0.1) is 8.07 Å². The van der Waals surface area contributed by atoms with Gasteiger partial charge in [0.25, 0.3) is 0 Å². The molecule has 0 fully saturated rings. The van der Waals surface area contributed by atoms with Crippen LogP contribution in [0.5, 0.6) is 5.75 Å². The first-order valence-corrected chi connectivity index (χ1v) is 13.3. The highest BCUT2D eigenvalue weighted by molar-refractivity contribution is 6.88. The van der Waals surface area contributed by atoms with Gasteiger partial charge in [-0.1, -0.05) is 92.1 Å². The fourth-order valence-electron chi connectivity index (χ4n) is 5.20. The summed E-state index contributed by atoms with van der Waals surface area (Å²) in [5.41, 5.74) is 9.04. The summed E-state index contributed by atoms with van der Waals surface area (Å²) in [5.74, 6) is 2.23. The number of fused-ring (bicyclic) bond motifs is 1. The summed E-state index contributed by atoms with van der Waals surface area (Å²) in [5, 5.41) is 0. The van der Waals surface area contributed by atoms with Crippen molar-refractivity contribution in [2.75, 3.05) is 0 Å². The fraction of sp³-hybridized carbons (Fsp3) is 0.600. The molecular weight excluding hydrogens is 344 g/mol. The van der Waals surface area contributed by atoms with Crippen LogP contribution < -0.4 is 4.74 Å². The summed E-state index contributed by atoms with van der Waals surface area (Å²) >= 11 is 0. The summed E-state index contributed by atoms with van der Waals surface area (Å²) < 4.78 is 6.62. The number of rotatable bonds is 8. The van der Waals surface area contributed by atoms with Crippen molar-refractivity contribution in [3.8, 4) is 5.75 Å². The number of hydrogen-bond acceptors (Lipinski definition) is 1. The summed E-state index contributed by atoms with van der Waals surface area (Å²) in [4.78, 5) is 0. The van der Waals surface area contributed by atoms with E-state index in [1.165, 1.54) is 28.9 Å². The topological polar surface area (TPSA) is 9.23 Å². The quantitative estimate of drug-likeness (QED) is 0.408. The standard InChI is InChI=1S/C25H40OSi/c1-9-13-21-22(14-10-2)25(26-24-16-12-11-15-23(21)24)17-27(18(3)4,19(5)6)20(7)8/h11-12,15-20H,9-10,13-14H2,1-8H3/b25-17-. The molecule has 2 heteroatoms. The SMILES string of the molecule is CCCC1=C(CCC)c2ccccc2O/C1=C\[Si](C(C)C)(C(C)C)C(C)C. The number of hydrogen-bond donors (Lipinski definition) is 0. The minimum atomic E-state index is -1.68. The molecule has 1 aliphatic heterocycles. The second kappa shape index (κ2) is 9.27. The first kappa shape index (κ1) is 22.0. The van der Waals surface area contributed by atoms with E-state index in [1.54, 1.807) is 0 Å². The molecule has 1 heterocycles.